The minimum Gasteiger partial charge on any atom is -0.281 e. The lowest BCUT2D eigenvalue weighted by molar-refractivity contribution is 0.225. The third kappa shape index (κ3) is 1.88. The fraction of sp³-hybridized carbons (Fsp3) is 0.600. The van der Waals surface area contributed by atoms with Gasteiger partial charge >= 0.3 is 0 Å². The summed E-state index contributed by atoms with van der Waals surface area (Å²) in [6, 6.07) is 4.37. The maximum atomic E-state index is 4.69. The molecule has 1 saturated carbocycles. The number of aromatic nitrogens is 3. The van der Waals surface area contributed by atoms with Gasteiger partial charge in [-0.3, -0.25) is 10.1 Å². The minimum atomic E-state index is 0.230. The van der Waals surface area contributed by atoms with Gasteiger partial charge in [-0.2, -0.15) is 5.10 Å². The highest BCUT2D eigenvalue weighted by Gasteiger charge is 2.61. The van der Waals surface area contributed by atoms with Crippen LogP contribution in [0, 0.1) is 11.3 Å². The van der Waals surface area contributed by atoms with Crippen molar-refractivity contribution in [2.75, 3.05) is 0 Å². The lowest BCUT2D eigenvalue weighted by Crippen LogP contribution is -2.32. The molecule has 23 heavy (non-hydrogen) atoms. The molecule has 2 aromatic heterocycles. The number of rotatable bonds is 3. The maximum Gasteiger partial charge on any atom is 0.114 e. The van der Waals surface area contributed by atoms with Crippen LogP contribution in [0.3, 0.4) is 0 Å². The van der Waals surface area contributed by atoms with Crippen molar-refractivity contribution in [1.82, 2.24) is 15.2 Å². The molecule has 2 atom stereocenters. The monoisotopic (exact) mass is 309 g/mol. The smallest absolute Gasteiger partial charge is 0.114 e. The van der Waals surface area contributed by atoms with E-state index in [0.29, 0.717) is 17.3 Å². The number of fused-ring (bicyclic) bond motifs is 5. The Balaban J connectivity index is 1.80. The minimum absolute atomic E-state index is 0.230. The van der Waals surface area contributed by atoms with Crippen LogP contribution < -0.4 is 0 Å². The number of nitrogens with one attached hydrogen (secondary N) is 1. The molecular formula is C20H27N3. The van der Waals surface area contributed by atoms with Gasteiger partial charge in [-0.15, -0.1) is 0 Å². The van der Waals surface area contributed by atoms with E-state index in [-0.39, 0.29) is 5.41 Å². The summed E-state index contributed by atoms with van der Waals surface area (Å²) in [5, 5.41) is 8.07. The van der Waals surface area contributed by atoms with Crippen molar-refractivity contribution < 1.29 is 0 Å². The zero-order valence-corrected chi connectivity index (χ0v) is 14.9. The summed E-state index contributed by atoms with van der Waals surface area (Å²) in [6.07, 6.45) is 5.57. The maximum absolute atomic E-state index is 4.69. The van der Waals surface area contributed by atoms with Crippen LogP contribution in [0.25, 0.3) is 11.4 Å². The first-order valence-electron chi connectivity index (χ1n) is 8.88. The molecule has 3 nitrogen and oxygen atoms in total. The first-order valence-corrected chi connectivity index (χ1v) is 8.88. The number of nitrogens with zero attached hydrogens (tertiary/aromatic N) is 2. The van der Waals surface area contributed by atoms with Gasteiger partial charge in [-0.1, -0.05) is 34.6 Å². The third-order valence-corrected chi connectivity index (χ3v) is 6.64. The van der Waals surface area contributed by atoms with Crippen molar-refractivity contribution >= 4 is 0 Å². The van der Waals surface area contributed by atoms with Crippen LogP contribution in [0.1, 0.15) is 70.2 Å². The first kappa shape index (κ1) is 14.9. The molecule has 0 aliphatic heterocycles. The van der Waals surface area contributed by atoms with Crippen LogP contribution in [0.4, 0.5) is 0 Å². The van der Waals surface area contributed by atoms with Gasteiger partial charge in [0.05, 0.1) is 5.69 Å². The van der Waals surface area contributed by atoms with Crippen molar-refractivity contribution in [3.05, 3.63) is 35.2 Å². The van der Waals surface area contributed by atoms with Crippen molar-refractivity contribution in [2.45, 2.75) is 65.2 Å². The van der Waals surface area contributed by atoms with Gasteiger partial charge in [0.2, 0.25) is 0 Å². The molecule has 0 amide bonds. The van der Waals surface area contributed by atoms with E-state index >= 15 is 0 Å². The topological polar surface area (TPSA) is 41.6 Å². The molecule has 0 spiro atoms. The highest BCUT2D eigenvalue weighted by Crippen LogP contribution is 2.68. The molecular weight excluding hydrogens is 282 g/mol. The Morgan fingerprint density at radius 1 is 1.30 bits per heavy atom. The molecule has 0 radical (unpaired) electrons. The van der Waals surface area contributed by atoms with E-state index in [4.69, 9.17) is 5.10 Å². The van der Waals surface area contributed by atoms with E-state index in [1.165, 1.54) is 29.7 Å². The Hall–Kier alpha value is -1.64. The summed E-state index contributed by atoms with van der Waals surface area (Å²) in [6.45, 7) is 11.8. The summed E-state index contributed by atoms with van der Waals surface area (Å²) in [7, 11) is 0. The van der Waals surface area contributed by atoms with Gasteiger partial charge in [-0.25, -0.2) is 0 Å². The second-order valence-electron chi connectivity index (χ2n) is 8.65. The highest BCUT2D eigenvalue weighted by atomic mass is 15.1. The zero-order chi connectivity index (χ0) is 16.4. The van der Waals surface area contributed by atoms with Gasteiger partial charge in [0.1, 0.15) is 5.69 Å². The zero-order valence-electron chi connectivity index (χ0n) is 14.9. The average molecular weight is 309 g/mol. The van der Waals surface area contributed by atoms with E-state index in [9.17, 15) is 0 Å². The molecule has 2 aromatic rings. The van der Waals surface area contributed by atoms with Gasteiger partial charge in [-0.05, 0) is 54.2 Å². The SMILES string of the molecule is CC(C)Cc1ccnc(-c2n[nH]c3c2C2CCC3(C)C2(C)C)c1. The van der Waals surface area contributed by atoms with E-state index in [1.54, 1.807) is 0 Å². The van der Waals surface area contributed by atoms with E-state index in [0.717, 1.165) is 17.8 Å². The normalized spacial score (nSPS) is 27.7. The second-order valence-corrected chi connectivity index (χ2v) is 8.65. The summed E-state index contributed by atoms with van der Waals surface area (Å²) in [5.74, 6) is 1.26. The first-order chi connectivity index (χ1) is 10.8. The Kier molecular flexibility index (Phi) is 3.04. The lowest BCUT2D eigenvalue weighted by atomic mass is 9.70. The molecule has 4 rings (SSSR count). The number of hydrogen-bond donors (Lipinski definition) is 1. The van der Waals surface area contributed by atoms with Crippen LogP contribution in [0.2, 0.25) is 0 Å². The lowest BCUT2D eigenvalue weighted by Gasteiger charge is -2.34. The number of pyridine rings is 1. The largest absolute Gasteiger partial charge is 0.281 e. The fourth-order valence-electron chi connectivity index (χ4n) is 4.96. The number of hydrogen-bond acceptors (Lipinski definition) is 2. The molecule has 122 valence electrons. The molecule has 3 heteroatoms. The average Bonchev–Trinajstić information content (AvgIpc) is 3.05. The third-order valence-electron chi connectivity index (χ3n) is 6.64. The van der Waals surface area contributed by atoms with Crippen molar-refractivity contribution in [2.24, 2.45) is 11.3 Å². The molecule has 2 unspecified atom stereocenters. The molecule has 0 aromatic carbocycles. The van der Waals surface area contributed by atoms with Gasteiger partial charge in [0.25, 0.3) is 0 Å². The van der Waals surface area contributed by atoms with Gasteiger partial charge < -0.3 is 0 Å². The molecule has 1 fully saturated rings. The van der Waals surface area contributed by atoms with Crippen molar-refractivity contribution in [3.63, 3.8) is 0 Å². The van der Waals surface area contributed by atoms with Crippen molar-refractivity contribution in [1.29, 1.82) is 0 Å². The van der Waals surface area contributed by atoms with Crippen molar-refractivity contribution in [3.8, 4) is 11.4 Å². The summed E-state index contributed by atoms with van der Waals surface area (Å²) < 4.78 is 0. The number of aromatic amines is 1. The Morgan fingerprint density at radius 2 is 2.09 bits per heavy atom. The Bertz CT molecular complexity index is 756. The molecule has 1 N–H and O–H groups in total. The van der Waals surface area contributed by atoms with Gasteiger partial charge in [0.15, 0.2) is 0 Å². The second kappa shape index (κ2) is 4.68. The predicted molar refractivity (Wildman–Crippen MR) is 93.5 cm³/mol. The fourth-order valence-corrected chi connectivity index (χ4v) is 4.96. The Morgan fingerprint density at radius 3 is 2.83 bits per heavy atom. The summed E-state index contributed by atoms with van der Waals surface area (Å²) in [5.41, 5.74) is 6.83. The quantitative estimate of drug-likeness (QED) is 0.881. The Labute approximate surface area is 138 Å². The molecule has 2 aliphatic rings. The molecule has 0 saturated heterocycles. The van der Waals surface area contributed by atoms with E-state index in [1.807, 2.05) is 6.20 Å². The van der Waals surface area contributed by atoms with E-state index < -0.39 is 0 Å². The standard InChI is InChI=1S/C20H27N3/c1-12(2)10-13-7-9-21-15(11-13)17-16-14-6-8-20(5,19(14,3)4)18(16)23-22-17/h7,9,11-12,14H,6,8,10H2,1-5H3,(H,22,23). The predicted octanol–water partition coefficient (Wildman–Crippen LogP) is 4.85. The summed E-state index contributed by atoms with van der Waals surface area (Å²) >= 11 is 0. The van der Waals surface area contributed by atoms with Crippen LogP contribution in [-0.2, 0) is 11.8 Å². The number of H-pyrrole nitrogens is 1. The highest BCUT2D eigenvalue weighted by molar-refractivity contribution is 5.66. The van der Waals surface area contributed by atoms with Crippen LogP contribution in [0.5, 0.6) is 0 Å². The van der Waals surface area contributed by atoms with Crippen LogP contribution in [-0.4, -0.2) is 15.2 Å². The molecule has 2 bridgehead atoms. The van der Waals surface area contributed by atoms with E-state index in [2.05, 4.69) is 56.8 Å². The van der Waals surface area contributed by atoms with Crippen LogP contribution >= 0.6 is 0 Å². The molecule has 2 heterocycles. The van der Waals surface area contributed by atoms with Gasteiger partial charge in [0, 0.05) is 22.9 Å². The summed E-state index contributed by atoms with van der Waals surface area (Å²) in [4.78, 5) is 4.64. The van der Waals surface area contributed by atoms with Crippen LogP contribution in [0.15, 0.2) is 18.3 Å². The molecule has 2 aliphatic carbocycles.